The quantitative estimate of drug-likeness (QED) is 0.566. The van der Waals surface area contributed by atoms with Crippen molar-refractivity contribution >= 4 is 34.2 Å². The maximum Gasteiger partial charge on any atom is 0.340 e. The average Bonchev–Trinajstić information content (AvgIpc) is 3.33. The van der Waals surface area contributed by atoms with Crippen molar-refractivity contribution in [3.8, 4) is 0 Å². The van der Waals surface area contributed by atoms with Crippen molar-refractivity contribution < 1.29 is 19.1 Å². The number of nitrogens with one attached hydrogen (secondary N) is 1. The summed E-state index contributed by atoms with van der Waals surface area (Å²) in [5, 5.41) is 3.64. The second-order valence-corrected chi connectivity index (χ2v) is 7.87. The molecule has 0 spiro atoms. The van der Waals surface area contributed by atoms with Crippen LogP contribution in [0.4, 0.5) is 11.4 Å². The van der Waals surface area contributed by atoms with Crippen LogP contribution in [0.3, 0.4) is 0 Å². The molecular formula is C25H27N3O4. The Kier molecular flexibility index (Phi) is 6.66. The molecule has 1 saturated heterocycles. The van der Waals surface area contributed by atoms with E-state index in [1.54, 1.807) is 7.11 Å². The highest BCUT2D eigenvalue weighted by Gasteiger charge is 2.21. The molecule has 1 amide bonds. The van der Waals surface area contributed by atoms with Crippen LogP contribution in [-0.4, -0.2) is 43.7 Å². The minimum absolute atomic E-state index is 0.172. The molecule has 166 valence electrons. The molecule has 7 heteroatoms. The first-order chi connectivity index (χ1) is 15.6. The summed E-state index contributed by atoms with van der Waals surface area (Å²) in [6.45, 7) is 3.77. The fourth-order valence-corrected chi connectivity index (χ4v) is 4.08. The van der Waals surface area contributed by atoms with Crippen molar-refractivity contribution in [2.24, 2.45) is 0 Å². The molecular weight excluding hydrogens is 406 g/mol. The first-order valence-electron chi connectivity index (χ1n) is 10.8. The molecule has 0 radical (unpaired) electrons. The van der Waals surface area contributed by atoms with Crippen molar-refractivity contribution in [2.75, 3.05) is 37.0 Å². The van der Waals surface area contributed by atoms with Crippen LogP contribution in [0.15, 0.2) is 48.5 Å². The van der Waals surface area contributed by atoms with Crippen LogP contribution < -0.4 is 10.2 Å². The first kappa shape index (κ1) is 21.8. The van der Waals surface area contributed by atoms with E-state index in [9.17, 15) is 9.59 Å². The Balaban J connectivity index is 1.42. The van der Waals surface area contributed by atoms with E-state index >= 15 is 0 Å². The second-order valence-electron chi connectivity index (χ2n) is 7.87. The molecule has 1 aliphatic rings. The lowest BCUT2D eigenvalue weighted by Gasteiger charge is -2.17. The van der Waals surface area contributed by atoms with Gasteiger partial charge in [0.15, 0.2) is 6.61 Å². The summed E-state index contributed by atoms with van der Waals surface area (Å²) in [6.07, 6.45) is 2.42. The van der Waals surface area contributed by atoms with Gasteiger partial charge in [0.2, 0.25) is 0 Å². The van der Waals surface area contributed by atoms with Crippen molar-refractivity contribution in [1.82, 2.24) is 4.98 Å². The third-order valence-corrected chi connectivity index (χ3v) is 5.67. The SMILES string of the molecule is COCc1nc2ccccc2c(C)c1C(=O)OCC(=O)Nc1ccc(N2CCCC2)cc1. The molecule has 1 aromatic heterocycles. The zero-order valence-corrected chi connectivity index (χ0v) is 18.4. The van der Waals surface area contributed by atoms with E-state index < -0.39 is 11.9 Å². The van der Waals surface area contributed by atoms with E-state index in [1.165, 1.54) is 12.8 Å². The van der Waals surface area contributed by atoms with Gasteiger partial charge in [0.1, 0.15) is 0 Å². The molecule has 0 bridgehead atoms. The highest BCUT2D eigenvalue weighted by atomic mass is 16.5. The minimum Gasteiger partial charge on any atom is -0.452 e. The lowest BCUT2D eigenvalue weighted by atomic mass is 10.0. The van der Waals surface area contributed by atoms with Crippen LogP contribution in [0.5, 0.6) is 0 Å². The van der Waals surface area contributed by atoms with E-state index in [2.05, 4.69) is 15.2 Å². The van der Waals surface area contributed by atoms with Crippen LogP contribution >= 0.6 is 0 Å². The molecule has 1 fully saturated rings. The molecule has 1 aliphatic heterocycles. The van der Waals surface area contributed by atoms with Crippen molar-refractivity contribution in [1.29, 1.82) is 0 Å². The number of benzene rings is 2. The normalized spacial score (nSPS) is 13.4. The maximum absolute atomic E-state index is 12.9. The predicted molar refractivity (Wildman–Crippen MR) is 124 cm³/mol. The van der Waals surface area contributed by atoms with Gasteiger partial charge in [-0.1, -0.05) is 18.2 Å². The first-order valence-corrected chi connectivity index (χ1v) is 10.8. The molecule has 1 N–H and O–H groups in total. The Bertz CT molecular complexity index is 1120. The number of carbonyl (C=O) groups excluding carboxylic acids is 2. The van der Waals surface area contributed by atoms with Crippen molar-refractivity contribution in [2.45, 2.75) is 26.4 Å². The number of ether oxygens (including phenoxy) is 2. The molecule has 2 heterocycles. The summed E-state index contributed by atoms with van der Waals surface area (Å²) in [5.74, 6) is -0.987. The summed E-state index contributed by atoms with van der Waals surface area (Å²) in [4.78, 5) is 32.1. The van der Waals surface area contributed by atoms with Crippen LogP contribution in [-0.2, 0) is 20.9 Å². The molecule has 0 unspecified atom stereocenters. The number of fused-ring (bicyclic) bond motifs is 1. The van der Waals surface area contributed by atoms with E-state index in [1.807, 2.05) is 55.5 Å². The largest absolute Gasteiger partial charge is 0.452 e. The molecule has 3 aromatic rings. The molecule has 0 saturated carbocycles. The second kappa shape index (κ2) is 9.78. The van der Waals surface area contributed by atoms with E-state index in [4.69, 9.17) is 9.47 Å². The highest BCUT2D eigenvalue weighted by Crippen LogP contribution is 2.25. The van der Waals surface area contributed by atoms with Gasteiger partial charge in [0.05, 0.1) is 23.4 Å². The topological polar surface area (TPSA) is 80.8 Å². The minimum atomic E-state index is -0.590. The standard InChI is InChI=1S/C25H27N3O4/c1-17-20-7-3-4-8-21(20)27-22(15-31-2)24(17)25(30)32-16-23(29)26-18-9-11-19(12-10-18)28-13-5-6-14-28/h3-4,7-12H,5-6,13-16H2,1-2H3,(H,26,29). The number of pyridine rings is 1. The third kappa shape index (κ3) is 4.73. The van der Waals surface area contributed by atoms with Gasteiger partial charge < -0.3 is 19.7 Å². The van der Waals surface area contributed by atoms with Crippen molar-refractivity contribution in [3.05, 3.63) is 65.4 Å². The lowest BCUT2D eigenvalue weighted by Crippen LogP contribution is -2.22. The summed E-state index contributed by atoms with van der Waals surface area (Å²) in [7, 11) is 1.55. The number of aromatic nitrogens is 1. The molecule has 2 aromatic carbocycles. The average molecular weight is 434 g/mol. The van der Waals surface area contributed by atoms with E-state index in [0.29, 0.717) is 16.9 Å². The number of aryl methyl sites for hydroxylation is 1. The highest BCUT2D eigenvalue weighted by molar-refractivity contribution is 6.00. The zero-order chi connectivity index (χ0) is 22.5. The Morgan fingerprint density at radius 1 is 1.06 bits per heavy atom. The van der Waals surface area contributed by atoms with Gasteiger partial charge in [-0.25, -0.2) is 9.78 Å². The molecule has 32 heavy (non-hydrogen) atoms. The summed E-state index contributed by atoms with van der Waals surface area (Å²) >= 11 is 0. The number of methoxy groups -OCH3 is 1. The van der Waals surface area contributed by atoms with Crippen molar-refractivity contribution in [3.63, 3.8) is 0 Å². The Morgan fingerprint density at radius 3 is 2.50 bits per heavy atom. The predicted octanol–water partition coefficient (Wildman–Crippen LogP) is 4.09. The maximum atomic E-state index is 12.9. The monoisotopic (exact) mass is 433 g/mol. The number of hydrogen-bond donors (Lipinski definition) is 1. The van der Waals surface area contributed by atoms with Crippen LogP contribution in [0.2, 0.25) is 0 Å². The number of carbonyl (C=O) groups is 2. The van der Waals surface area contributed by atoms with Gasteiger partial charge in [0.25, 0.3) is 5.91 Å². The molecule has 0 aliphatic carbocycles. The number of amides is 1. The van der Waals surface area contributed by atoms with Gasteiger partial charge in [-0.3, -0.25) is 4.79 Å². The third-order valence-electron chi connectivity index (χ3n) is 5.67. The smallest absolute Gasteiger partial charge is 0.340 e. The zero-order valence-electron chi connectivity index (χ0n) is 18.4. The summed E-state index contributed by atoms with van der Waals surface area (Å²) < 4.78 is 10.5. The number of anilines is 2. The van der Waals surface area contributed by atoms with Crippen LogP contribution in [0.1, 0.15) is 34.5 Å². The van der Waals surface area contributed by atoms with E-state index in [-0.39, 0.29) is 13.2 Å². The Hall–Kier alpha value is -3.45. The van der Waals surface area contributed by atoms with Gasteiger partial charge in [0, 0.05) is 37.0 Å². The molecule has 7 nitrogen and oxygen atoms in total. The number of hydrogen-bond acceptors (Lipinski definition) is 6. The number of nitrogens with zero attached hydrogens (tertiary/aromatic N) is 2. The van der Waals surface area contributed by atoms with Crippen LogP contribution in [0, 0.1) is 6.92 Å². The Labute approximate surface area is 187 Å². The van der Waals surface area contributed by atoms with Crippen LogP contribution in [0.25, 0.3) is 10.9 Å². The molecule has 4 rings (SSSR count). The fourth-order valence-electron chi connectivity index (χ4n) is 4.08. The number of para-hydroxylation sites is 1. The lowest BCUT2D eigenvalue weighted by molar-refractivity contribution is -0.119. The van der Waals surface area contributed by atoms with Gasteiger partial charge in [-0.2, -0.15) is 0 Å². The van der Waals surface area contributed by atoms with Gasteiger partial charge in [-0.15, -0.1) is 0 Å². The summed E-state index contributed by atoms with van der Waals surface area (Å²) in [5.41, 5.74) is 4.18. The number of esters is 1. The summed E-state index contributed by atoms with van der Waals surface area (Å²) in [6, 6.07) is 15.3. The van der Waals surface area contributed by atoms with Gasteiger partial charge in [-0.05, 0) is 55.7 Å². The Morgan fingerprint density at radius 2 is 1.78 bits per heavy atom. The number of rotatable bonds is 7. The van der Waals surface area contributed by atoms with E-state index in [0.717, 1.165) is 35.2 Å². The van der Waals surface area contributed by atoms with Gasteiger partial charge >= 0.3 is 5.97 Å². The molecule has 0 atom stereocenters. The fraction of sp³-hybridized carbons (Fsp3) is 0.320.